The summed E-state index contributed by atoms with van der Waals surface area (Å²) in [6.07, 6.45) is 2.94. The molecule has 1 heterocycles. The monoisotopic (exact) mass is 352 g/mol. The number of carbonyl (C=O) groups is 2. The summed E-state index contributed by atoms with van der Waals surface area (Å²) in [5, 5.41) is 13.5. The summed E-state index contributed by atoms with van der Waals surface area (Å²) in [4.78, 5) is 23.1. The minimum atomic E-state index is -1.19. The van der Waals surface area contributed by atoms with Gasteiger partial charge in [0.2, 0.25) is 0 Å². The number of rotatable bonds is 6. The molecule has 3 aromatic rings. The number of aromatic carboxylic acids is 1. The fourth-order valence-electron chi connectivity index (χ4n) is 2.83. The van der Waals surface area contributed by atoms with Crippen molar-refractivity contribution in [2.75, 3.05) is 0 Å². The van der Waals surface area contributed by atoms with E-state index in [0.29, 0.717) is 18.4 Å². The van der Waals surface area contributed by atoms with Crippen LogP contribution in [0.3, 0.4) is 0 Å². The van der Waals surface area contributed by atoms with E-state index in [1.807, 2.05) is 24.3 Å². The molecule has 0 amide bonds. The Hall–Kier alpha value is -3.28. The van der Waals surface area contributed by atoms with E-state index in [9.17, 15) is 19.1 Å². The Morgan fingerprint density at radius 3 is 2.46 bits per heavy atom. The van der Waals surface area contributed by atoms with Crippen LogP contribution in [-0.2, 0) is 13.0 Å². The lowest BCUT2D eigenvalue weighted by Crippen LogP contribution is -2.07. The molecule has 2 aromatic carbocycles. The number of benzene rings is 2. The molecule has 0 aliphatic rings. The summed E-state index contributed by atoms with van der Waals surface area (Å²) in [6, 6.07) is 11.3. The Balaban J connectivity index is 2.02. The Bertz CT molecular complexity index is 962. The molecule has 26 heavy (non-hydrogen) atoms. The highest BCUT2D eigenvalue weighted by atomic mass is 19.1. The SMILES string of the molecule is CCc1ccc(Cn2ncc(-c3cc(F)ccc3C(=O)O)c2C=O)cc1. The van der Waals surface area contributed by atoms with E-state index in [0.717, 1.165) is 24.1 Å². The maximum absolute atomic E-state index is 13.6. The van der Waals surface area contributed by atoms with Crippen LogP contribution in [0.15, 0.2) is 48.7 Å². The Morgan fingerprint density at radius 1 is 1.15 bits per heavy atom. The number of aromatic nitrogens is 2. The van der Waals surface area contributed by atoms with Crippen LogP contribution in [0.1, 0.15) is 38.9 Å². The number of halogens is 1. The van der Waals surface area contributed by atoms with Crippen molar-refractivity contribution in [3.05, 3.63) is 76.9 Å². The largest absolute Gasteiger partial charge is 0.478 e. The van der Waals surface area contributed by atoms with Gasteiger partial charge in [-0.05, 0) is 35.7 Å². The number of hydrogen-bond donors (Lipinski definition) is 1. The maximum atomic E-state index is 13.6. The topological polar surface area (TPSA) is 72.2 Å². The lowest BCUT2D eigenvalue weighted by atomic mass is 10.00. The van der Waals surface area contributed by atoms with Gasteiger partial charge in [0.15, 0.2) is 6.29 Å². The normalized spacial score (nSPS) is 10.7. The summed E-state index contributed by atoms with van der Waals surface area (Å²) in [5.41, 5.74) is 2.71. The zero-order valence-corrected chi connectivity index (χ0v) is 14.1. The van der Waals surface area contributed by atoms with Crippen LogP contribution in [0, 0.1) is 5.82 Å². The number of carbonyl (C=O) groups excluding carboxylic acids is 1. The van der Waals surface area contributed by atoms with E-state index in [1.165, 1.54) is 22.5 Å². The zero-order valence-electron chi connectivity index (χ0n) is 14.1. The molecule has 1 N–H and O–H groups in total. The summed E-state index contributed by atoms with van der Waals surface area (Å²) in [7, 11) is 0. The lowest BCUT2D eigenvalue weighted by Gasteiger charge is -2.08. The number of nitrogens with zero attached hydrogens (tertiary/aromatic N) is 2. The quantitative estimate of drug-likeness (QED) is 0.685. The van der Waals surface area contributed by atoms with E-state index >= 15 is 0 Å². The highest BCUT2D eigenvalue weighted by Crippen LogP contribution is 2.28. The molecule has 132 valence electrons. The first-order valence-corrected chi connectivity index (χ1v) is 8.15. The van der Waals surface area contributed by atoms with Crippen LogP contribution in [-0.4, -0.2) is 27.1 Å². The molecule has 0 atom stereocenters. The molecule has 0 aliphatic carbocycles. The van der Waals surface area contributed by atoms with E-state index in [4.69, 9.17) is 0 Å². The molecule has 5 nitrogen and oxygen atoms in total. The number of carboxylic acids is 1. The van der Waals surface area contributed by atoms with E-state index < -0.39 is 11.8 Å². The van der Waals surface area contributed by atoms with Gasteiger partial charge in [-0.15, -0.1) is 0 Å². The third-order valence-electron chi connectivity index (χ3n) is 4.26. The molecule has 0 aliphatic heterocycles. The minimum Gasteiger partial charge on any atom is -0.478 e. The second-order valence-corrected chi connectivity index (χ2v) is 5.88. The molecular weight excluding hydrogens is 335 g/mol. The highest BCUT2D eigenvalue weighted by Gasteiger charge is 2.19. The van der Waals surface area contributed by atoms with Gasteiger partial charge >= 0.3 is 5.97 Å². The molecule has 0 saturated carbocycles. The van der Waals surface area contributed by atoms with Crippen LogP contribution in [0.5, 0.6) is 0 Å². The molecule has 0 unspecified atom stereocenters. The summed E-state index contributed by atoms with van der Waals surface area (Å²) >= 11 is 0. The zero-order chi connectivity index (χ0) is 18.7. The van der Waals surface area contributed by atoms with Gasteiger partial charge in [0, 0.05) is 11.1 Å². The van der Waals surface area contributed by atoms with E-state index in [1.54, 1.807) is 0 Å². The van der Waals surface area contributed by atoms with Gasteiger partial charge in [-0.25, -0.2) is 9.18 Å². The second kappa shape index (κ2) is 7.31. The first kappa shape index (κ1) is 17.5. The van der Waals surface area contributed by atoms with Crippen molar-refractivity contribution in [2.45, 2.75) is 19.9 Å². The van der Waals surface area contributed by atoms with Gasteiger partial charge in [-0.2, -0.15) is 5.10 Å². The van der Waals surface area contributed by atoms with Gasteiger partial charge in [0.1, 0.15) is 11.5 Å². The highest BCUT2D eigenvalue weighted by molar-refractivity contribution is 5.98. The lowest BCUT2D eigenvalue weighted by molar-refractivity contribution is 0.0697. The van der Waals surface area contributed by atoms with Crippen molar-refractivity contribution < 1.29 is 19.1 Å². The van der Waals surface area contributed by atoms with Crippen LogP contribution >= 0.6 is 0 Å². The van der Waals surface area contributed by atoms with Crippen LogP contribution in [0.2, 0.25) is 0 Å². The minimum absolute atomic E-state index is 0.0821. The Kier molecular flexibility index (Phi) is 4.93. The fourth-order valence-corrected chi connectivity index (χ4v) is 2.83. The summed E-state index contributed by atoms with van der Waals surface area (Å²) in [6.45, 7) is 2.42. The van der Waals surface area contributed by atoms with Gasteiger partial charge in [0.25, 0.3) is 0 Å². The standard InChI is InChI=1S/C20H17FN2O3/c1-2-13-3-5-14(6-4-13)11-23-19(12-24)18(10-22-23)17-9-15(21)7-8-16(17)20(25)26/h3-10,12H,2,11H2,1H3,(H,25,26). The van der Waals surface area contributed by atoms with Gasteiger partial charge in [-0.1, -0.05) is 31.2 Å². The first-order chi connectivity index (χ1) is 12.5. The smallest absolute Gasteiger partial charge is 0.336 e. The second-order valence-electron chi connectivity index (χ2n) is 5.88. The van der Waals surface area contributed by atoms with Crippen LogP contribution < -0.4 is 0 Å². The molecule has 0 saturated heterocycles. The third-order valence-corrected chi connectivity index (χ3v) is 4.26. The molecule has 0 spiro atoms. The number of carboxylic acid groups (broad SMARTS) is 1. The van der Waals surface area contributed by atoms with Crippen LogP contribution in [0.4, 0.5) is 4.39 Å². The van der Waals surface area contributed by atoms with Crippen molar-refractivity contribution >= 4 is 12.3 Å². The van der Waals surface area contributed by atoms with Crippen molar-refractivity contribution in [1.82, 2.24) is 9.78 Å². The van der Waals surface area contributed by atoms with Gasteiger partial charge in [0.05, 0.1) is 18.3 Å². The van der Waals surface area contributed by atoms with Gasteiger partial charge < -0.3 is 5.11 Å². The first-order valence-electron chi connectivity index (χ1n) is 8.15. The van der Waals surface area contributed by atoms with E-state index in [2.05, 4.69) is 12.0 Å². The average molecular weight is 352 g/mol. The maximum Gasteiger partial charge on any atom is 0.336 e. The van der Waals surface area contributed by atoms with Crippen molar-refractivity contribution in [2.24, 2.45) is 0 Å². The molecule has 3 rings (SSSR count). The predicted molar refractivity (Wildman–Crippen MR) is 94.9 cm³/mol. The molecule has 0 radical (unpaired) electrons. The van der Waals surface area contributed by atoms with Crippen LogP contribution in [0.25, 0.3) is 11.1 Å². The summed E-state index contributed by atoms with van der Waals surface area (Å²) in [5.74, 6) is -1.77. The Morgan fingerprint density at radius 2 is 1.85 bits per heavy atom. The predicted octanol–water partition coefficient (Wildman–Crippen LogP) is 3.81. The summed E-state index contributed by atoms with van der Waals surface area (Å²) < 4.78 is 15.1. The number of hydrogen-bond acceptors (Lipinski definition) is 3. The molecule has 0 bridgehead atoms. The van der Waals surface area contributed by atoms with Gasteiger partial charge in [-0.3, -0.25) is 9.48 Å². The third kappa shape index (κ3) is 3.39. The molecule has 1 aromatic heterocycles. The fraction of sp³-hybridized carbons (Fsp3) is 0.150. The van der Waals surface area contributed by atoms with E-state index in [-0.39, 0.29) is 16.8 Å². The Labute approximate surface area is 149 Å². The van der Waals surface area contributed by atoms with Crippen molar-refractivity contribution in [1.29, 1.82) is 0 Å². The average Bonchev–Trinajstić information content (AvgIpc) is 3.04. The molecule has 6 heteroatoms. The number of aryl methyl sites for hydroxylation is 1. The molecule has 0 fully saturated rings. The molecular formula is C20H17FN2O3. The van der Waals surface area contributed by atoms with Crippen molar-refractivity contribution in [3.8, 4) is 11.1 Å². The number of aldehydes is 1. The van der Waals surface area contributed by atoms with Crippen molar-refractivity contribution in [3.63, 3.8) is 0 Å².